The summed E-state index contributed by atoms with van der Waals surface area (Å²) in [6.07, 6.45) is 5.59. The number of carbonyl (C=O) groups is 1. The maximum absolute atomic E-state index is 12.4. The van der Waals surface area contributed by atoms with Crippen LogP contribution in [-0.4, -0.2) is 53.7 Å². The average Bonchev–Trinajstić information content (AvgIpc) is 2.69. The molecule has 138 valence electrons. The second kappa shape index (κ2) is 9.03. The maximum atomic E-state index is 12.4. The third kappa shape index (κ3) is 5.08. The van der Waals surface area contributed by atoms with E-state index in [-0.39, 0.29) is 12.1 Å². The predicted molar refractivity (Wildman–Crippen MR) is 97.4 cm³/mol. The Hall–Kier alpha value is -2.83. The van der Waals surface area contributed by atoms with Crippen molar-refractivity contribution in [2.75, 3.05) is 26.7 Å². The molecule has 1 atom stereocenters. The fourth-order valence-corrected chi connectivity index (χ4v) is 2.95. The molecule has 1 saturated heterocycles. The van der Waals surface area contributed by atoms with Gasteiger partial charge in [0.15, 0.2) is 0 Å². The number of aromatic nitrogens is 2. The van der Waals surface area contributed by atoms with Crippen LogP contribution in [0.1, 0.15) is 18.4 Å². The molecular formula is C19H24N4O3. The smallest absolute Gasteiger partial charge is 0.317 e. The molecule has 2 amide bonds. The first-order chi connectivity index (χ1) is 12.7. The zero-order valence-electron chi connectivity index (χ0n) is 14.9. The SMILES string of the molecule is COc1cncc(OC2CCCN(C(=O)NCCc3ccccc3)C2)n1. The molecule has 0 spiro atoms. The quantitative estimate of drug-likeness (QED) is 0.859. The summed E-state index contributed by atoms with van der Waals surface area (Å²) in [4.78, 5) is 22.4. The minimum atomic E-state index is -0.0926. The molecule has 1 aromatic heterocycles. The number of hydrogen-bond donors (Lipinski definition) is 1. The van der Waals surface area contributed by atoms with E-state index >= 15 is 0 Å². The lowest BCUT2D eigenvalue weighted by Gasteiger charge is -2.32. The zero-order valence-corrected chi connectivity index (χ0v) is 14.9. The molecule has 26 heavy (non-hydrogen) atoms. The molecule has 0 bridgehead atoms. The number of likely N-dealkylation sites (tertiary alicyclic amines) is 1. The Balaban J connectivity index is 1.47. The molecule has 1 aromatic carbocycles. The Kier molecular flexibility index (Phi) is 6.24. The van der Waals surface area contributed by atoms with Crippen LogP contribution in [0, 0.1) is 0 Å². The van der Waals surface area contributed by atoms with Crippen LogP contribution in [0.15, 0.2) is 42.7 Å². The molecule has 7 heteroatoms. The van der Waals surface area contributed by atoms with E-state index in [1.165, 1.54) is 18.9 Å². The number of benzene rings is 1. The van der Waals surface area contributed by atoms with Gasteiger partial charge in [-0.2, -0.15) is 4.98 Å². The second-order valence-corrected chi connectivity index (χ2v) is 6.20. The Bertz CT molecular complexity index is 711. The molecule has 1 N–H and O–H groups in total. The van der Waals surface area contributed by atoms with Crippen LogP contribution in [0.5, 0.6) is 11.8 Å². The van der Waals surface area contributed by atoms with Gasteiger partial charge in [0.25, 0.3) is 0 Å². The summed E-state index contributed by atoms with van der Waals surface area (Å²) in [5, 5.41) is 2.99. The molecule has 2 heterocycles. The van der Waals surface area contributed by atoms with Gasteiger partial charge in [-0.3, -0.25) is 4.98 Å². The number of ether oxygens (including phenoxy) is 2. The van der Waals surface area contributed by atoms with Crippen molar-refractivity contribution in [2.24, 2.45) is 0 Å². The Morgan fingerprint density at radius 1 is 1.27 bits per heavy atom. The first kappa shape index (κ1) is 18.0. The van der Waals surface area contributed by atoms with Gasteiger partial charge in [0.1, 0.15) is 6.10 Å². The van der Waals surface area contributed by atoms with Crippen molar-refractivity contribution in [2.45, 2.75) is 25.4 Å². The van der Waals surface area contributed by atoms with Crippen molar-refractivity contribution in [1.82, 2.24) is 20.2 Å². The van der Waals surface area contributed by atoms with Gasteiger partial charge in [-0.05, 0) is 24.8 Å². The van der Waals surface area contributed by atoms with Crippen molar-refractivity contribution in [3.63, 3.8) is 0 Å². The number of methoxy groups -OCH3 is 1. The van der Waals surface area contributed by atoms with Crippen LogP contribution in [0.3, 0.4) is 0 Å². The zero-order chi connectivity index (χ0) is 18.2. The highest BCUT2D eigenvalue weighted by Crippen LogP contribution is 2.18. The van der Waals surface area contributed by atoms with Crippen molar-refractivity contribution >= 4 is 6.03 Å². The highest BCUT2D eigenvalue weighted by Gasteiger charge is 2.25. The van der Waals surface area contributed by atoms with E-state index in [9.17, 15) is 4.79 Å². The first-order valence-electron chi connectivity index (χ1n) is 8.84. The van der Waals surface area contributed by atoms with E-state index in [1.807, 2.05) is 18.2 Å². The number of hydrogen-bond acceptors (Lipinski definition) is 5. The van der Waals surface area contributed by atoms with Crippen molar-refractivity contribution < 1.29 is 14.3 Å². The van der Waals surface area contributed by atoms with E-state index in [0.29, 0.717) is 24.8 Å². The van der Waals surface area contributed by atoms with Gasteiger partial charge < -0.3 is 19.7 Å². The van der Waals surface area contributed by atoms with Gasteiger partial charge >= 0.3 is 6.03 Å². The maximum Gasteiger partial charge on any atom is 0.317 e. The largest absolute Gasteiger partial charge is 0.480 e. The van der Waals surface area contributed by atoms with Gasteiger partial charge in [-0.1, -0.05) is 30.3 Å². The molecule has 7 nitrogen and oxygen atoms in total. The predicted octanol–water partition coefficient (Wildman–Crippen LogP) is 2.28. The molecule has 3 rings (SSSR count). The third-order valence-corrected chi connectivity index (χ3v) is 4.28. The minimum Gasteiger partial charge on any atom is -0.480 e. The molecule has 1 aliphatic heterocycles. The summed E-state index contributed by atoms with van der Waals surface area (Å²) in [7, 11) is 1.54. The molecule has 0 radical (unpaired) electrons. The van der Waals surface area contributed by atoms with Gasteiger partial charge in [0.2, 0.25) is 11.8 Å². The summed E-state index contributed by atoms with van der Waals surface area (Å²) in [5.41, 5.74) is 1.21. The average molecular weight is 356 g/mol. The molecule has 0 aliphatic carbocycles. The number of urea groups is 1. The summed E-state index contributed by atoms with van der Waals surface area (Å²) in [6, 6.07) is 10.1. The van der Waals surface area contributed by atoms with Gasteiger partial charge in [-0.15, -0.1) is 0 Å². The number of piperidine rings is 1. The first-order valence-corrected chi connectivity index (χ1v) is 8.84. The van der Waals surface area contributed by atoms with E-state index in [0.717, 1.165) is 25.8 Å². The van der Waals surface area contributed by atoms with E-state index in [1.54, 1.807) is 11.1 Å². The van der Waals surface area contributed by atoms with E-state index in [2.05, 4.69) is 27.4 Å². The van der Waals surface area contributed by atoms with Crippen LogP contribution in [0.2, 0.25) is 0 Å². The minimum absolute atomic E-state index is 0.0500. The highest BCUT2D eigenvalue weighted by molar-refractivity contribution is 5.74. The molecule has 1 unspecified atom stereocenters. The Labute approximate surface area is 153 Å². The molecule has 1 aliphatic rings. The highest BCUT2D eigenvalue weighted by atomic mass is 16.5. The third-order valence-electron chi connectivity index (χ3n) is 4.28. The summed E-state index contributed by atoms with van der Waals surface area (Å²) in [5.74, 6) is 0.828. The molecule has 0 saturated carbocycles. The van der Waals surface area contributed by atoms with Crippen molar-refractivity contribution in [3.05, 3.63) is 48.3 Å². The summed E-state index contributed by atoms with van der Waals surface area (Å²) < 4.78 is 10.9. The normalized spacial score (nSPS) is 16.8. The fourth-order valence-electron chi connectivity index (χ4n) is 2.95. The lowest BCUT2D eigenvalue weighted by Crippen LogP contribution is -2.49. The van der Waals surface area contributed by atoms with Crippen LogP contribution in [0.25, 0.3) is 0 Å². The van der Waals surface area contributed by atoms with Crippen LogP contribution < -0.4 is 14.8 Å². The van der Waals surface area contributed by atoms with E-state index < -0.39 is 0 Å². The number of nitrogens with one attached hydrogen (secondary N) is 1. The molecule has 1 fully saturated rings. The topological polar surface area (TPSA) is 76.6 Å². The number of carbonyl (C=O) groups excluding carboxylic acids is 1. The number of rotatable bonds is 6. The van der Waals surface area contributed by atoms with Gasteiger partial charge in [0.05, 0.1) is 26.0 Å². The van der Waals surface area contributed by atoms with Crippen LogP contribution >= 0.6 is 0 Å². The summed E-state index contributed by atoms with van der Waals surface area (Å²) >= 11 is 0. The van der Waals surface area contributed by atoms with Gasteiger partial charge in [-0.25, -0.2) is 4.79 Å². The van der Waals surface area contributed by atoms with Crippen molar-refractivity contribution in [1.29, 1.82) is 0 Å². The summed E-state index contributed by atoms with van der Waals surface area (Å²) in [6.45, 7) is 1.89. The van der Waals surface area contributed by atoms with Crippen molar-refractivity contribution in [3.8, 4) is 11.8 Å². The van der Waals surface area contributed by atoms with Crippen LogP contribution in [-0.2, 0) is 6.42 Å². The number of amides is 2. The van der Waals surface area contributed by atoms with E-state index in [4.69, 9.17) is 9.47 Å². The molecule has 2 aromatic rings. The standard InChI is InChI=1S/C19H24N4O3/c1-25-17-12-20-13-18(22-17)26-16-8-5-11-23(14-16)19(24)21-10-9-15-6-3-2-4-7-15/h2-4,6-7,12-13,16H,5,8-11,14H2,1H3,(H,21,24). The molecular weight excluding hydrogens is 332 g/mol. The second-order valence-electron chi connectivity index (χ2n) is 6.20. The lowest BCUT2D eigenvalue weighted by molar-refractivity contribution is 0.0970. The number of nitrogens with zero attached hydrogens (tertiary/aromatic N) is 3. The van der Waals surface area contributed by atoms with Gasteiger partial charge in [0, 0.05) is 13.1 Å². The Morgan fingerprint density at radius 2 is 2.08 bits per heavy atom. The monoisotopic (exact) mass is 356 g/mol. The lowest BCUT2D eigenvalue weighted by atomic mass is 10.1. The Morgan fingerprint density at radius 3 is 2.88 bits per heavy atom. The fraction of sp³-hybridized carbons (Fsp3) is 0.421. The van der Waals surface area contributed by atoms with Crippen LogP contribution in [0.4, 0.5) is 4.79 Å².